The predicted octanol–water partition coefficient (Wildman–Crippen LogP) is 3.62. The monoisotopic (exact) mass is 277 g/mol. The van der Waals surface area contributed by atoms with Gasteiger partial charge in [-0.15, -0.1) is 0 Å². The molecule has 2 aromatic carbocycles. The third-order valence-electron chi connectivity index (χ3n) is 3.21. The second-order valence-corrected chi connectivity index (χ2v) is 4.71. The molecule has 0 fully saturated rings. The van der Waals surface area contributed by atoms with Crippen molar-refractivity contribution in [2.24, 2.45) is 0 Å². The molecule has 0 spiro atoms. The highest BCUT2D eigenvalue weighted by Gasteiger charge is 2.06. The summed E-state index contributed by atoms with van der Waals surface area (Å²) in [4.78, 5) is 14.1. The van der Waals surface area contributed by atoms with E-state index in [0.29, 0.717) is 6.61 Å². The molecule has 1 heterocycles. The highest BCUT2D eigenvalue weighted by Crippen LogP contribution is 2.29. The second kappa shape index (κ2) is 6.09. The molecule has 0 saturated heterocycles. The molecule has 3 nitrogen and oxygen atoms in total. The van der Waals surface area contributed by atoms with Gasteiger partial charge in [0.1, 0.15) is 12.4 Å². The Morgan fingerprint density at radius 3 is 2.48 bits per heavy atom. The molecule has 0 atom stereocenters. The number of aromatic nitrogens is 1. The molecule has 0 radical (unpaired) electrons. The van der Waals surface area contributed by atoms with E-state index in [1.165, 1.54) is 0 Å². The normalized spacial score (nSPS) is 10.3. The summed E-state index contributed by atoms with van der Waals surface area (Å²) in [6.07, 6.45) is 1.64. The van der Waals surface area contributed by atoms with Crippen LogP contribution in [0, 0.1) is 0 Å². The number of pyridine rings is 1. The summed E-state index contributed by atoms with van der Waals surface area (Å²) in [7, 11) is 0. The highest BCUT2D eigenvalue weighted by molar-refractivity contribution is 5.69. The van der Waals surface area contributed by atoms with Crippen molar-refractivity contribution in [1.29, 1.82) is 0 Å². The fraction of sp³-hybridized carbons (Fsp3) is 0.0556. The Bertz CT molecular complexity index is 778. The van der Waals surface area contributed by atoms with E-state index in [-0.39, 0.29) is 5.56 Å². The van der Waals surface area contributed by atoms with Crippen LogP contribution in [-0.4, -0.2) is 4.98 Å². The van der Waals surface area contributed by atoms with Crippen LogP contribution in [0.5, 0.6) is 5.75 Å². The van der Waals surface area contributed by atoms with Gasteiger partial charge < -0.3 is 9.72 Å². The fourth-order valence-electron chi connectivity index (χ4n) is 2.18. The van der Waals surface area contributed by atoms with Crippen molar-refractivity contribution in [2.75, 3.05) is 0 Å². The summed E-state index contributed by atoms with van der Waals surface area (Å²) in [6.45, 7) is 0.501. The van der Waals surface area contributed by atoms with Gasteiger partial charge in [-0.2, -0.15) is 0 Å². The van der Waals surface area contributed by atoms with E-state index < -0.39 is 0 Å². The number of aromatic amines is 1. The van der Waals surface area contributed by atoms with Crippen LogP contribution >= 0.6 is 0 Å². The SMILES string of the molecule is O=c1cc(-c2ccccc2OCc2ccccc2)cc[nH]1. The second-order valence-electron chi connectivity index (χ2n) is 4.71. The van der Waals surface area contributed by atoms with E-state index in [0.717, 1.165) is 22.4 Å². The molecule has 0 unspecified atom stereocenters. The lowest BCUT2D eigenvalue weighted by molar-refractivity contribution is 0.307. The Morgan fingerprint density at radius 2 is 1.67 bits per heavy atom. The number of benzene rings is 2. The first-order valence-electron chi connectivity index (χ1n) is 6.78. The smallest absolute Gasteiger partial charge is 0.248 e. The maximum Gasteiger partial charge on any atom is 0.248 e. The van der Waals surface area contributed by atoms with Crippen LogP contribution in [0.2, 0.25) is 0 Å². The summed E-state index contributed by atoms with van der Waals surface area (Å²) in [6, 6.07) is 21.2. The van der Waals surface area contributed by atoms with Crippen molar-refractivity contribution in [2.45, 2.75) is 6.61 Å². The van der Waals surface area contributed by atoms with E-state index in [1.807, 2.05) is 60.7 Å². The summed E-state index contributed by atoms with van der Waals surface area (Å²) in [5, 5.41) is 0. The molecular weight excluding hydrogens is 262 g/mol. The molecule has 0 aliphatic heterocycles. The van der Waals surface area contributed by atoms with Gasteiger partial charge in [0, 0.05) is 17.8 Å². The first-order chi connectivity index (χ1) is 10.3. The minimum atomic E-state index is -0.120. The van der Waals surface area contributed by atoms with Gasteiger partial charge in [-0.25, -0.2) is 0 Å². The summed E-state index contributed by atoms with van der Waals surface area (Å²) in [5.41, 5.74) is 2.76. The molecular formula is C18H15NO2. The quantitative estimate of drug-likeness (QED) is 0.791. The Labute approximate surface area is 122 Å². The molecule has 0 amide bonds. The molecule has 104 valence electrons. The van der Waals surface area contributed by atoms with E-state index in [2.05, 4.69) is 4.98 Å². The minimum absolute atomic E-state index is 0.120. The topological polar surface area (TPSA) is 42.1 Å². The average molecular weight is 277 g/mol. The first kappa shape index (κ1) is 13.2. The Balaban J connectivity index is 1.88. The molecule has 3 rings (SSSR count). The van der Waals surface area contributed by atoms with Crippen molar-refractivity contribution < 1.29 is 4.74 Å². The number of H-pyrrole nitrogens is 1. The van der Waals surface area contributed by atoms with Gasteiger partial charge in [-0.3, -0.25) is 4.79 Å². The predicted molar refractivity (Wildman–Crippen MR) is 83.3 cm³/mol. The van der Waals surface area contributed by atoms with E-state index >= 15 is 0 Å². The Morgan fingerprint density at radius 1 is 0.905 bits per heavy atom. The standard InChI is InChI=1S/C18H15NO2/c20-18-12-15(10-11-19-18)16-8-4-5-9-17(16)21-13-14-6-2-1-3-7-14/h1-12H,13H2,(H,19,20). The van der Waals surface area contributed by atoms with Crippen molar-refractivity contribution in [3.63, 3.8) is 0 Å². The number of hydrogen-bond acceptors (Lipinski definition) is 2. The van der Waals surface area contributed by atoms with Crippen LogP contribution in [-0.2, 0) is 6.61 Å². The molecule has 1 N–H and O–H groups in total. The van der Waals surface area contributed by atoms with E-state index in [4.69, 9.17) is 4.74 Å². The number of rotatable bonds is 4. The maximum atomic E-state index is 11.5. The molecule has 21 heavy (non-hydrogen) atoms. The number of ether oxygens (including phenoxy) is 1. The van der Waals surface area contributed by atoms with Crippen LogP contribution in [0.4, 0.5) is 0 Å². The zero-order valence-corrected chi connectivity index (χ0v) is 11.5. The third kappa shape index (κ3) is 3.20. The maximum absolute atomic E-state index is 11.5. The average Bonchev–Trinajstić information content (AvgIpc) is 2.54. The lowest BCUT2D eigenvalue weighted by atomic mass is 10.1. The zero-order valence-electron chi connectivity index (χ0n) is 11.5. The van der Waals surface area contributed by atoms with Gasteiger partial charge in [-0.1, -0.05) is 48.5 Å². The Hall–Kier alpha value is -2.81. The van der Waals surface area contributed by atoms with Crippen molar-refractivity contribution in [3.8, 4) is 16.9 Å². The van der Waals surface area contributed by atoms with Gasteiger partial charge in [0.15, 0.2) is 0 Å². The highest BCUT2D eigenvalue weighted by atomic mass is 16.5. The number of hydrogen-bond donors (Lipinski definition) is 1. The third-order valence-corrected chi connectivity index (χ3v) is 3.21. The molecule has 1 aromatic heterocycles. The van der Waals surface area contributed by atoms with Crippen LogP contribution in [0.3, 0.4) is 0 Å². The van der Waals surface area contributed by atoms with Crippen LogP contribution in [0.15, 0.2) is 77.7 Å². The zero-order chi connectivity index (χ0) is 14.5. The number of nitrogens with one attached hydrogen (secondary N) is 1. The van der Waals surface area contributed by atoms with Gasteiger partial charge in [0.2, 0.25) is 5.56 Å². The molecule has 3 aromatic rings. The van der Waals surface area contributed by atoms with Gasteiger partial charge in [0.25, 0.3) is 0 Å². The fourth-order valence-corrected chi connectivity index (χ4v) is 2.18. The minimum Gasteiger partial charge on any atom is -0.488 e. The molecule has 0 saturated carbocycles. The van der Waals surface area contributed by atoms with Crippen LogP contribution in [0.25, 0.3) is 11.1 Å². The summed E-state index contributed by atoms with van der Waals surface area (Å²) >= 11 is 0. The van der Waals surface area contributed by atoms with Crippen LogP contribution < -0.4 is 10.3 Å². The van der Waals surface area contributed by atoms with E-state index in [9.17, 15) is 4.79 Å². The van der Waals surface area contributed by atoms with Gasteiger partial charge >= 0.3 is 0 Å². The molecule has 0 bridgehead atoms. The molecule has 0 aliphatic carbocycles. The largest absolute Gasteiger partial charge is 0.488 e. The summed E-state index contributed by atoms with van der Waals surface area (Å²) < 4.78 is 5.91. The van der Waals surface area contributed by atoms with Gasteiger partial charge in [0.05, 0.1) is 0 Å². The lowest BCUT2D eigenvalue weighted by Gasteiger charge is -2.11. The molecule has 3 heteroatoms. The first-order valence-corrected chi connectivity index (χ1v) is 6.78. The van der Waals surface area contributed by atoms with Crippen molar-refractivity contribution >= 4 is 0 Å². The lowest BCUT2D eigenvalue weighted by Crippen LogP contribution is -2.03. The van der Waals surface area contributed by atoms with Gasteiger partial charge in [-0.05, 0) is 23.3 Å². The summed E-state index contributed by atoms with van der Waals surface area (Å²) in [5.74, 6) is 0.770. The Kier molecular flexibility index (Phi) is 3.83. The van der Waals surface area contributed by atoms with E-state index in [1.54, 1.807) is 12.3 Å². The van der Waals surface area contributed by atoms with Crippen molar-refractivity contribution in [1.82, 2.24) is 4.98 Å². The van der Waals surface area contributed by atoms with Crippen molar-refractivity contribution in [3.05, 3.63) is 88.8 Å². The number of para-hydroxylation sites is 1. The molecule has 0 aliphatic rings. The van der Waals surface area contributed by atoms with Crippen LogP contribution in [0.1, 0.15) is 5.56 Å².